The Morgan fingerprint density at radius 2 is 1.57 bits per heavy atom. The van der Waals surface area contributed by atoms with Crippen molar-refractivity contribution in [2.24, 2.45) is 5.41 Å². The van der Waals surface area contributed by atoms with Crippen LogP contribution < -0.4 is 5.32 Å². The molecule has 0 fully saturated rings. The van der Waals surface area contributed by atoms with Gasteiger partial charge in [0.15, 0.2) is 0 Å². The molecule has 1 unspecified atom stereocenters. The van der Waals surface area contributed by atoms with Gasteiger partial charge in [0.25, 0.3) is 0 Å². The van der Waals surface area contributed by atoms with Crippen LogP contribution in [0.1, 0.15) is 41.0 Å². The lowest BCUT2D eigenvalue weighted by Gasteiger charge is -2.35. The third-order valence-electron chi connectivity index (χ3n) is 2.60. The monoisotopic (exact) mass is 200 g/mol. The number of hydrogen-bond donors (Lipinski definition) is 1. The standard InChI is InChI=1S/C12H28N2/c1-8-12(5,10-14(6)7)9-13-11(2,3)4/h13H,8-10H2,1-7H3. The van der Waals surface area contributed by atoms with Gasteiger partial charge >= 0.3 is 0 Å². The molecule has 2 heteroatoms. The second kappa shape index (κ2) is 5.13. The number of nitrogens with one attached hydrogen (secondary N) is 1. The minimum atomic E-state index is 0.225. The first kappa shape index (κ1) is 13.9. The topological polar surface area (TPSA) is 15.3 Å². The molecule has 0 aromatic heterocycles. The summed E-state index contributed by atoms with van der Waals surface area (Å²) in [5.41, 5.74) is 0.611. The molecule has 14 heavy (non-hydrogen) atoms. The van der Waals surface area contributed by atoms with Gasteiger partial charge < -0.3 is 10.2 Å². The summed E-state index contributed by atoms with van der Waals surface area (Å²) in [5.74, 6) is 0. The van der Waals surface area contributed by atoms with Gasteiger partial charge in [-0.3, -0.25) is 0 Å². The van der Waals surface area contributed by atoms with Crippen molar-refractivity contribution in [1.82, 2.24) is 10.2 Å². The second-order valence-corrected chi connectivity index (χ2v) is 6.01. The zero-order valence-corrected chi connectivity index (χ0v) is 11.1. The molecule has 0 aromatic rings. The minimum Gasteiger partial charge on any atom is -0.311 e. The van der Waals surface area contributed by atoms with E-state index < -0.39 is 0 Å². The molecule has 0 aromatic carbocycles. The first-order valence-corrected chi connectivity index (χ1v) is 5.58. The van der Waals surface area contributed by atoms with Gasteiger partial charge in [0.2, 0.25) is 0 Å². The molecule has 1 atom stereocenters. The number of hydrogen-bond acceptors (Lipinski definition) is 2. The lowest BCUT2D eigenvalue weighted by Crippen LogP contribution is -2.46. The van der Waals surface area contributed by atoms with Gasteiger partial charge in [0.1, 0.15) is 0 Å². The van der Waals surface area contributed by atoms with Crippen LogP contribution in [0.4, 0.5) is 0 Å². The van der Waals surface area contributed by atoms with Gasteiger partial charge in [-0.25, -0.2) is 0 Å². The van der Waals surface area contributed by atoms with Crippen LogP contribution in [0.25, 0.3) is 0 Å². The minimum absolute atomic E-state index is 0.225. The van der Waals surface area contributed by atoms with Gasteiger partial charge in [-0.05, 0) is 46.7 Å². The lowest BCUT2D eigenvalue weighted by atomic mass is 9.86. The van der Waals surface area contributed by atoms with Crippen molar-refractivity contribution in [2.75, 3.05) is 27.2 Å². The van der Waals surface area contributed by atoms with Crippen LogP contribution in [0.2, 0.25) is 0 Å². The molecule has 0 saturated heterocycles. The van der Waals surface area contributed by atoms with Crippen molar-refractivity contribution in [1.29, 1.82) is 0 Å². The molecule has 0 aliphatic heterocycles. The van der Waals surface area contributed by atoms with Crippen LogP contribution in [-0.2, 0) is 0 Å². The van der Waals surface area contributed by atoms with E-state index in [0.29, 0.717) is 5.41 Å². The average Bonchev–Trinajstić information content (AvgIpc) is 1.99. The van der Waals surface area contributed by atoms with Crippen molar-refractivity contribution in [3.05, 3.63) is 0 Å². The van der Waals surface area contributed by atoms with Crippen molar-refractivity contribution in [3.8, 4) is 0 Å². The van der Waals surface area contributed by atoms with Gasteiger partial charge in [0.05, 0.1) is 0 Å². The lowest BCUT2D eigenvalue weighted by molar-refractivity contribution is 0.188. The van der Waals surface area contributed by atoms with Gasteiger partial charge in [-0.15, -0.1) is 0 Å². The molecule has 0 spiro atoms. The predicted molar refractivity (Wildman–Crippen MR) is 64.7 cm³/mol. The molecular weight excluding hydrogens is 172 g/mol. The van der Waals surface area contributed by atoms with Crippen LogP contribution in [0.5, 0.6) is 0 Å². The summed E-state index contributed by atoms with van der Waals surface area (Å²) in [6.45, 7) is 13.5. The van der Waals surface area contributed by atoms with Crippen LogP contribution >= 0.6 is 0 Å². The third-order valence-corrected chi connectivity index (χ3v) is 2.60. The molecule has 0 aliphatic rings. The maximum absolute atomic E-state index is 3.59. The van der Waals surface area contributed by atoms with Crippen LogP contribution in [-0.4, -0.2) is 37.6 Å². The zero-order valence-electron chi connectivity index (χ0n) is 11.1. The molecule has 0 heterocycles. The van der Waals surface area contributed by atoms with Crippen molar-refractivity contribution >= 4 is 0 Å². The van der Waals surface area contributed by atoms with Gasteiger partial charge in [-0.1, -0.05) is 13.8 Å². The van der Waals surface area contributed by atoms with E-state index in [4.69, 9.17) is 0 Å². The highest BCUT2D eigenvalue weighted by molar-refractivity contribution is 4.82. The largest absolute Gasteiger partial charge is 0.311 e. The van der Waals surface area contributed by atoms with E-state index in [1.54, 1.807) is 0 Å². The van der Waals surface area contributed by atoms with E-state index >= 15 is 0 Å². The first-order chi connectivity index (χ1) is 6.18. The Morgan fingerprint density at radius 1 is 1.07 bits per heavy atom. The fourth-order valence-electron chi connectivity index (χ4n) is 1.53. The fourth-order valence-corrected chi connectivity index (χ4v) is 1.53. The van der Waals surface area contributed by atoms with Crippen molar-refractivity contribution in [3.63, 3.8) is 0 Å². The highest BCUT2D eigenvalue weighted by Gasteiger charge is 2.24. The molecule has 0 aliphatic carbocycles. The Bertz CT molecular complexity index is 158. The van der Waals surface area contributed by atoms with E-state index in [2.05, 4.69) is 58.9 Å². The smallest absolute Gasteiger partial charge is 0.00967 e. The molecular formula is C12H28N2. The first-order valence-electron chi connectivity index (χ1n) is 5.58. The molecule has 2 nitrogen and oxygen atoms in total. The van der Waals surface area contributed by atoms with E-state index in [1.165, 1.54) is 6.42 Å². The fraction of sp³-hybridized carbons (Fsp3) is 1.00. The zero-order chi connectivity index (χ0) is 11.4. The highest BCUT2D eigenvalue weighted by Crippen LogP contribution is 2.21. The SMILES string of the molecule is CCC(C)(CNC(C)(C)C)CN(C)C. The molecule has 1 N–H and O–H groups in total. The molecule has 0 bridgehead atoms. The second-order valence-electron chi connectivity index (χ2n) is 6.01. The van der Waals surface area contributed by atoms with Crippen LogP contribution in [0, 0.1) is 5.41 Å². The van der Waals surface area contributed by atoms with E-state index in [0.717, 1.165) is 13.1 Å². The Kier molecular flexibility index (Phi) is 5.10. The van der Waals surface area contributed by atoms with E-state index in [1.807, 2.05) is 0 Å². The average molecular weight is 200 g/mol. The molecule has 0 saturated carbocycles. The summed E-state index contributed by atoms with van der Waals surface area (Å²) in [6.07, 6.45) is 1.22. The maximum Gasteiger partial charge on any atom is 0.00967 e. The molecule has 0 rings (SSSR count). The normalized spacial score (nSPS) is 17.1. The third kappa shape index (κ3) is 6.39. The molecule has 0 radical (unpaired) electrons. The number of rotatable bonds is 5. The quantitative estimate of drug-likeness (QED) is 0.733. The summed E-state index contributed by atoms with van der Waals surface area (Å²) in [4.78, 5) is 2.27. The van der Waals surface area contributed by atoms with Crippen LogP contribution in [0.3, 0.4) is 0 Å². The summed E-state index contributed by atoms with van der Waals surface area (Å²) in [7, 11) is 4.29. The van der Waals surface area contributed by atoms with Crippen LogP contribution in [0.15, 0.2) is 0 Å². The van der Waals surface area contributed by atoms with Gasteiger partial charge in [-0.2, -0.15) is 0 Å². The van der Waals surface area contributed by atoms with E-state index in [-0.39, 0.29) is 5.54 Å². The summed E-state index contributed by atoms with van der Waals surface area (Å²) >= 11 is 0. The summed E-state index contributed by atoms with van der Waals surface area (Å²) < 4.78 is 0. The number of nitrogens with zero attached hydrogens (tertiary/aromatic N) is 1. The van der Waals surface area contributed by atoms with Crippen molar-refractivity contribution < 1.29 is 0 Å². The molecule has 0 amide bonds. The highest BCUT2D eigenvalue weighted by atomic mass is 15.1. The Morgan fingerprint density at radius 3 is 1.86 bits per heavy atom. The van der Waals surface area contributed by atoms with Gasteiger partial charge in [0, 0.05) is 18.6 Å². The Labute approximate surface area is 90.1 Å². The maximum atomic E-state index is 3.59. The summed E-state index contributed by atoms with van der Waals surface area (Å²) in [5, 5.41) is 3.59. The molecule has 86 valence electrons. The Balaban J connectivity index is 4.12. The van der Waals surface area contributed by atoms with E-state index in [9.17, 15) is 0 Å². The predicted octanol–water partition coefficient (Wildman–Crippen LogP) is 2.35. The van der Waals surface area contributed by atoms with Crippen molar-refractivity contribution in [2.45, 2.75) is 46.6 Å². The summed E-state index contributed by atoms with van der Waals surface area (Å²) in [6, 6.07) is 0. The Hall–Kier alpha value is -0.0800.